The summed E-state index contributed by atoms with van der Waals surface area (Å²) in [4.78, 5) is 44.2. The highest BCUT2D eigenvalue weighted by molar-refractivity contribution is 5.85. The molecule has 0 saturated carbocycles. The summed E-state index contributed by atoms with van der Waals surface area (Å²) in [5.74, 6) is -4.76. The lowest BCUT2D eigenvalue weighted by Crippen LogP contribution is -2.62. The van der Waals surface area contributed by atoms with Crippen LogP contribution in [0, 0.1) is 23.7 Å². The second-order valence-corrected chi connectivity index (χ2v) is 18.5. The Morgan fingerprint density at radius 1 is 0.869 bits per heavy atom. The second-order valence-electron chi connectivity index (χ2n) is 18.5. The van der Waals surface area contributed by atoms with Gasteiger partial charge >= 0.3 is 12.1 Å². The molecule has 16 heteroatoms. The van der Waals surface area contributed by atoms with E-state index in [-0.39, 0.29) is 37.2 Å². The number of hydrogen-bond acceptors (Lipinski definition) is 15. The van der Waals surface area contributed by atoms with Crippen molar-refractivity contribution < 1.29 is 67.6 Å². The maximum absolute atomic E-state index is 14.4. The largest absolute Gasteiger partial charge is 0.459 e. The Balaban J connectivity index is 1.88. The van der Waals surface area contributed by atoms with E-state index in [0.29, 0.717) is 12.1 Å². The van der Waals surface area contributed by atoms with Crippen LogP contribution in [0.25, 0.3) is 0 Å². The lowest BCUT2D eigenvalue weighted by molar-refractivity contribution is -0.318. The number of ether oxygens (including phenoxy) is 8. The first-order chi connectivity index (χ1) is 28.4. The summed E-state index contributed by atoms with van der Waals surface area (Å²) in [6, 6.07) is 8.53. The predicted molar refractivity (Wildman–Crippen MR) is 225 cm³/mol. The number of cyclic esters (lactones) is 1. The van der Waals surface area contributed by atoms with Gasteiger partial charge in [0.15, 0.2) is 18.7 Å². The molecule has 0 radical (unpaired) electrons. The molecule has 1 aromatic rings. The van der Waals surface area contributed by atoms with E-state index in [1.807, 2.05) is 38.9 Å². The zero-order chi connectivity index (χ0) is 45.8. The maximum Gasteiger partial charge on any atom is 0.412 e. The van der Waals surface area contributed by atoms with Crippen molar-refractivity contribution in [3.05, 3.63) is 30.3 Å². The van der Waals surface area contributed by atoms with Crippen LogP contribution in [-0.2, 0) is 47.5 Å². The van der Waals surface area contributed by atoms with E-state index in [4.69, 9.17) is 37.9 Å². The van der Waals surface area contributed by atoms with Gasteiger partial charge in [-0.2, -0.15) is 0 Å². The lowest BCUT2D eigenvalue weighted by atomic mass is 9.74. The molecule has 3 saturated heterocycles. The molecule has 4 rings (SSSR count). The summed E-state index contributed by atoms with van der Waals surface area (Å²) < 4.78 is 51.0. The first-order valence-electron chi connectivity index (χ1n) is 21.7. The molecule has 18 atom stereocenters. The SMILES string of the molecule is CC[C@H]1OC(=O)[C@H](C)[C@@H](OC2C[C@@](C)(OC)[C@@H](O)[C@H](C)O2)[C@H](C)[C@@H](O[C@@H]2O[C@H](C)C[C@H](N(C)C)[C@H]2OC(=O)Nc2ccccc2)[C@](C)(OC)C[C@@H](C)C(=O)[C@H](C)[C@@H](O)[C@]1(C)O. The van der Waals surface area contributed by atoms with Gasteiger partial charge in [-0.3, -0.25) is 14.9 Å². The number of nitrogens with zero attached hydrogens (tertiary/aromatic N) is 1. The van der Waals surface area contributed by atoms with Crippen LogP contribution in [0.1, 0.15) is 94.9 Å². The van der Waals surface area contributed by atoms with Gasteiger partial charge in [0.25, 0.3) is 0 Å². The van der Waals surface area contributed by atoms with Crippen molar-refractivity contribution in [3.8, 4) is 0 Å². The number of anilines is 1. The van der Waals surface area contributed by atoms with Crippen LogP contribution in [0.4, 0.5) is 10.5 Å². The number of aliphatic hydroxyl groups excluding tert-OH is 2. The minimum Gasteiger partial charge on any atom is -0.459 e. The molecule has 0 bridgehead atoms. The molecule has 1 amide bonds. The van der Waals surface area contributed by atoms with Crippen LogP contribution < -0.4 is 5.32 Å². The van der Waals surface area contributed by atoms with Gasteiger partial charge < -0.3 is 58.1 Å². The molecule has 1 unspecified atom stereocenters. The van der Waals surface area contributed by atoms with Crippen molar-refractivity contribution in [2.75, 3.05) is 33.6 Å². The molecule has 0 spiro atoms. The Morgan fingerprint density at radius 2 is 1.49 bits per heavy atom. The average molecular weight is 867 g/mol. The van der Waals surface area contributed by atoms with E-state index in [2.05, 4.69) is 5.32 Å². The van der Waals surface area contributed by atoms with Gasteiger partial charge in [-0.1, -0.05) is 45.9 Å². The summed E-state index contributed by atoms with van der Waals surface area (Å²) in [6.07, 6.45) is -10.1. The first-order valence-corrected chi connectivity index (χ1v) is 21.7. The highest BCUT2D eigenvalue weighted by Crippen LogP contribution is 2.42. The van der Waals surface area contributed by atoms with Crippen LogP contribution in [0.15, 0.2) is 30.3 Å². The van der Waals surface area contributed by atoms with Gasteiger partial charge in [-0.05, 0) is 87.0 Å². The van der Waals surface area contributed by atoms with Crippen LogP contribution in [0.5, 0.6) is 0 Å². The fraction of sp³-hybridized carbons (Fsp3) is 0.800. The third-order valence-corrected chi connectivity index (χ3v) is 13.5. The van der Waals surface area contributed by atoms with E-state index in [1.54, 1.807) is 72.7 Å². The van der Waals surface area contributed by atoms with Gasteiger partial charge in [0.05, 0.1) is 53.7 Å². The summed E-state index contributed by atoms with van der Waals surface area (Å²) in [5.41, 5.74) is -3.87. The number of likely N-dealkylation sites (N-methyl/N-ethyl adjacent to an activating group) is 1. The number of para-hydroxylation sites is 1. The Kier molecular flexibility index (Phi) is 17.4. The molecule has 3 fully saturated rings. The molecule has 3 heterocycles. The number of hydrogen-bond donors (Lipinski definition) is 4. The van der Waals surface area contributed by atoms with E-state index < -0.39 is 108 Å². The fourth-order valence-electron chi connectivity index (χ4n) is 9.49. The molecular weight excluding hydrogens is 792 g/mol. The monoisotopic (exact) mass is 867 g/mol. The summed E-state index contributed by atoms with van der Waals surface area (Å²) >= 11 is 0. The van der Waals surface area contributed by atoms with Crippen molar-refractivity contribution in [1.82, 2.24) is 4.90 Å². The number of amides is 1. The van der Waals surface area contributed by atoms with Crippen molar-refractivity contribution >= 4 is 23.5 Å². The molecule has 1 aromatic carbocycles. The third kappa shape index (κ3) is 11.5. The molecule has 0 aromatic heterocycles. The number of Topliss-reactive ketones (excluding diaryl/α,β-unsaturated/α-hetero) is 1. The third-order valence-electron chi connectivity index (χ3n) is 13.5. The second kappa shape index (κ2) is 20.8. The highest BCUT2D eigenvalue weighted by Gasteiger charge is 2.54. The normalized spacial score (nSPS) is 43.3. The molecule has 348 valence electrons. The molecule has 3 aliphatic heterocycles. The van der Waals surface area contributed by atoms with Crippen LogP contribution in [-0.4, -0.2) is 151 Å². The van der Waals surface area contributed by atoms with Gasteiger partial charge in [-0.25, -0.2) is 4.79 Å². The molecule has 61 heavy (non-hydrogen) atoms. The Bertz CT molecular complexity index is 1600. The topological polar surface area (TPSA) is 201 Å². The molecule has 4 N–H and O–H groups in total. The number of nitrogens with one attached hydrogen (secondary N) is 1. The van der Waals surface area contributed by atoms with E-state index in [0.717, 1.165) is 0 Å². The summed E-state index contributed by atoms with van der Waals surface area (Å²) in [7, 11) is 6.75. The minimum atomic E-state index is -2.00. The number of esters is 1. The average Bonchev–Trinajstić information content (AvgIpc) is 3.21. The van der Waals surface area contributed by atoms with Crippen LogP contribution in [0.2, 0.25) is 0 Å². The Morgan fingerprint density at radius 3 is 2.07 bits per heavy atom. The van der Waals surface area contributed by atoms with Gasteiger partial charge in [0.2, 0.25) is 0 Å². The quantitative estimate of drug-likeness (QED) is 0.236. The number of ketones is 1. The minimum absolute atomic E-state index is 0.0591. The Labute approximate surface area is 362 Å². The first kappa shape index (κ1) is 50.9. The van der Waals surface area contributed by atoms with E-state index in [1.165, 1.54) is 21.1 Å². The van der Waals surface area contributed by atoms with Crippen molar-refractivity contribution in [2.24, 2.45) is 23.7 Å². The lowest BCUT2D eigenvalue weighted by Gasteiger charge is -2.50. The zero-order valence-corrected chi connectivity index (χ0v) is 38.7. The van der Waals surface area contributed by atoms with E-state index in [9.17, 15) is 29.7 Å². The number of carbonyl (C=O) groups is 3. The van der Waals surface area contributed by atoms with Gasteiger partial charge in [0, 0.05) is 44.1 Å². The molecule has 3 aliphatic rings. The highest BCUT2D eigenvalue weighted by atomic mass is 16.7. The summed E-state index contributed by atoms with van der Waals surface area (Å²) in [5, 5.41) is 37.2. The number of benzene rings is 1. The van der Waals surface area contributed by atoms with Crippen molar-refractivity contribution in [3.63, 3.8) is 0 Å². The predicted octanol–water partition coefficient (Wildman–Crippen LogP) is 4.70. The fourth-order valence-corrected chi connectivity index (χ4v) is 9.49. The number of aliphatic hydroxyl groups is 3. The van der Waals surface area contributed by atoms with Gasteiger partial charge in [-0.15, -0.1) is 0 Å². The Hall–Kier alpha value is -2.77. The standard InChI is InChI=1S/C45H74N2O14/c1-15-32-45(10,53)37(49)26(4)34(48)24(2)22-44(9,55-14)39(27(5)35(28(6)40(51)58-32)59-33-23-43(8,54-13)38(50)29(7)57-33)61-41-36(31(47(11)12)21-25(3)56-41)60-42(52)46-30-19-17-16-18-20-30/h16-20,24-29,31-33,35-39,41,49-50,53H,15,21-23H2,1-14H3,(H,46,52)/t24-,25-,26+,27+,28-,29+,31+,32-,33?,35+,36-,37-,38+,39-,41+,43-,44-,45-/m1/s1. The van der Waals surface area contributed by atoms with E-state index >= 15 is 0 Å². The molecule has 0 aliphatic carbocycles. The van der Waals surface area contributed by atoms with Gasteiger partial charge in [0.1, 0.15) is 23.6 Å². The van der Waals surface area contributed by atoms with Crippen molar-refractivity contribution in [1.29, 1.82) is 0 Å². The molecule has 16 nitrogen and oxygen atoms in total. The zero-order valence-electron chi connectivity index (χ0n) is 38.7. The van der Waals surface area contributed by atoms with Crippen molar-refractivity contribution in [2.45, 2.75) is 179 Å². The van der Waals surface area contributed by atoms with Crippen LogP contribution in [0.3, 0.4) is 0 Å². The molecular formula is C45H74N2O14. The smallest absolute Gasteiger partial charge is 0.412 e. The number of rotatable bonds is 10. The number of methoxy groups -OCH3 is 2. The maximum atomic E-state index is 14.4. The van der Waals surface area contributed by atoms with Crippen LogP contribution >= 0.6 is 0 Å². The summed E-state index contributed by atoms with van der Waals surface area (Å²) in [6.45, 7) is 17.0. The number of carbonyl (C=O) groups excluding carboxylic acids is 3.